The maximum Gasteiger partial charge on any atom is 0.257 e. The predicted molar refractivity (Wildman–Crippen MR) is 52.6 cm³/mol. The fraction of sp³-hybridized carbons (Fsp3) is 0.200. The Morgan fingerprint density at radius 3 is 2.25 bits per heavy atom. The molecule has 0 saturated carbocycles. The first-order valence-electron chi connectivity index (χ1n) is 4.44. The van der Waals surface area contributed by atoms with E-state index in [0.717, 1.165) is 12.1 Å². The number of rotatable bonds is 3. The van der Waals surface area contributed by atoms with E-state index in [-0.39, 0.29) is 0 Å². The number of aryl methyl sites for hydroxylation is 1. The molecule has 0 unspecified atom stereocenters. The van der Waals surface area contributed by atoms with Gasteiger partial charge in [-0.1, -0.05) is 0 Å². The summed E-state index contributed by atoms with van der Waals surface area (Å²) < 4.78 is 26.5. The summed E-state index contributed by atoms with van der Waals surface area (Å²) >= 11 is 0. The SMILES string of the molecule is Cc1cc(F)c(C(=O)NCC(N)=O)c(F)c1. The van der Waals surface area contributed by atoms with Crippen LogP contribution in [0.3, 0.4) is 0 Å². The van der Waals surface area contributed by atoms with Gasteiger partial charge in [-0.05, 0) is 24.6 Å². The van der Waals surface area contributed by atoms with Crippen LogP contribution in [0.2, 0.25) is 0 Å². The third kappa shape index (κ3) is 2.75. The molecule has 4 nitrogen and oxygen atoms in total. The first-order chi connectivity index (χ1) is 7.41. The zero-order valence-electron chi connectivity index (χ0n) is 8.51. The molecule has 0 heterocycles. The van der Waals surface area contributed by atoms with Crippen molar-refractivity contribution < 1.29 is 18.4 Å². The first kappa shape index (κ1) is 12.1. The Hall–Kier alpha value is -1.98. The summed E-state index contributed by atoms with van der Waals surface area (Å²) in [5.41, 5.74) is 4.42. The van der Waals surface area contributed by atoms with Crippen molar-refractivity contribution in [1.82, 2.24) is 5.32 Å². The van der Waals surface area contributed by atoms with Crippen LogP contribution in [0.15, 0.2) is 12.1 Å². The van der Waals surface area contributed by atoms with Gasteiger partial charge in [0, 0.05) is 0 Å². The van der Waals surface area contributed by atoms with E-state index >= 15 is 0 Å². The van der Waals surface area contributed by atoms with Crippen molar-refractivity contribution in [1.29, 1.82) is 0 Å². The van der Waals surface area contributed by atoms with E-state index < -0.39 is 35.6 Å². The molecule has 0 saturated heterocycles. The molecule has 1 aromatic rings. The van der Waals surface area contributed by atoms with Crippen molar-refractivity contribution in [3.63, 3.8) is 0 Å². The molecule has 0 aromatic heterocycles. The van der Waals surface area contributed by atoms with Gasteiger partial charge in [-0.15, -0.1) is 0 Å². The van der Waals surface area contributed by atoms with Crippen molar-refractivity contribution in [2.24, 2.45) is 5.73 Å². The minimum Gasteiger partial charge on any atom is -0.368 e. The van der Waals surface area contributed by atoms with Crippen molar-refractivity contribution >= 4 is 11.8 Å². The van der Waals surface area contributed by atoms with E-state index in [1.807, 2.05) is 5.32 Å². The molecule has 0 radical (unpaired) electrons. The minimum absolute atomic E-state index is 0.362. The number of nitrogens with one attached hydrogen (secondary N) is 1. The molecule has 0 aliphatic carbocycles. The molecule has 16 heavy (non-hydrogen) atoms. The number of hydrogen-bond acceptors (Lipinski definition) is 2. The average Bonchev–Trinajstić information content (AvgIpc) is 2.12. The zero-order chi connectivity index (χ0) is 12.3. The van der Waals surface area contributed by atoms with Crippen molar-refractivity contribution in [2.75, 3.05) is 6.54 Å². The zero-order valence-corrected chi connectivity index (χ0v) is 8.51. The van der Waals surface area contributed by atoms with Crippen molar-refractivity contribution in [3.8, 4) is 0 Å². The van der Waals surface area contributed by atoms with E-state index in [9.17, 15) is 18.4 Å². The number of carbonyl (C=O) groups is 2. The molecule has 0 fully saturated rings. The number of amides is 2. The maximum absolute atomic E-state index is 13.3. The molecule has 3 N–H and O–H groups in total. The highest BCUT2D eigenvalue weighted by molar-refractivity contribution is 5.96. The van der Waals surface area contributed by atoms with Gasteiger partial charge in [-0.25, -0.2) is 8.78 Å². The summed E-state index contributed by atoms with van der Waals surface area (Å²) in [6.45, 7) is 1.03. The third-order valence-corrected chi connectivity index (χ3v) is 1.84. The Labute approximate surface area is 90.4 Å². The predicted octanol–water partition coefficient (Wildman–Crippen LogP) is 0.488. The molecule has 0 aliphatic rings. The van der Waals surface area contributed by atoms with Crippen LogP contribution in [0.1, 0.15) is 15.9 Å². The highest BCUT2D eigenvalue weighted by atomic mass is 19.1. The highest BCUT2D eigenvalue weighted by Crippen LogP contribution is 2.14. The van der Waals surface area contributed by atoms with E-state index in [4.69, 9.17) is 5.73 Å². The van der Waals surface area contributed by atoms with Gasteiger partial charge in [0.15, 0.2) is 0 Å². The Morgan fingerprint density at radius 1 is 1.31 bits per heavy atom. The molecular formula is C10H10F2N2O2. The van der Waals surface area contributed by atoms with Gasteiger partial charge >= 0.3 is 0 Å². The largest absolute Gasteiger partial charge is 0.368 e. The molecular weight excluding hydrogens is 218 g/mol. The van der Waals surface area contributed by atoms with Crippen LogP contribution in [-0.2, 0) is 4.79 Å². The normalized spacial score (nSPS) is 9.94. The quantitative estimate of drug-likeness (QED) is 0.790. The van der Waals surface area contributed by atoms with Crippen LogP contribution < -0.4 is 11.1 Å². The molecule has 6 heteroatoms. The lowest BCUT2D eigenvalue weighted by Gasteiger charge is -2.06. The molecule has 0 aliphatic heterocycles. The Bertz CT molecular complexity index is 423. The molecule has 2 amide bonds. The molecule has 1 aromatic carbocycles. The summed E-state index contributed by atoms with van der Waals surface area (Å²) in [6.07, 6.45) is 0. The topological polar surface area (TPSA) is 72.2 Å². The second-order valence-electron chi connectivity index (χ2n) is 3.25. The fourth-order valence-corrected chi connectivity index (χ4v) is 1.17. The van der Waals surface area contributed by atoms with Crippen LogP contribution in [-0.4, -0.2) is 18.4 Å². The number of hydrogen-bond donors (Lipinski definition) is 2. The number of primary amides is 1. The molecule has 1 rings (SSSR count). The van der Waals surface area contributed by atoms with Crippen LogP contribution in [0.25, 0.3) is 0 Å². The monoisotopic (exact) mass is 228 g/mol. The van der Waals surface area contributed by atoms with Crippen LogP contribution in [0, 0.1) is 18.6 Å². The number of benzene rings is 1. The summed E-state index contributed by atoms with van der Waals surface area (Å²) in [6, 6.07) is 2.06. The lowest BCUT2D eigenvalue weighted by molar-refractivity contribution is -0.117. The second kappa shape index (κ2) is 4.69. The van der Waals surface area contributed by atoms with Crippen LogP contribution >= 0.6 is 0 Å². The van der Waals surface area contributed by atoms with E-state index in [1.54, 1.807) is 0 Å². The minimum atomic E-state index is -1.01. The summed E-state index contributed by atoms with van der Waals surface area (Å²) in [7, 11) is 0. The number of halogens is 2. The van der Waals surface area contributed by atoms with Gasteiger partial charge in [0.1, 0.15) is 17.2 Å². The lowest BCUT2D eigenvalue weighted by atomic mass is 10.1. The maximum atomic E-state index is 13.3. The summed E-state index contributed by atoms with van der Waals surface area (Å²) in [5, 5.41) is 2.01. The van der Waals surface area contributed by atoms with Crippen LogP contribution in [0.5, 0.6) is 0 Å². The summed E-state index contributed by atoms with van der Waals surface area (Å²) in [4.78, 5) is 21.7. The standard InChI is InChI=1S/C10H10F2N2O2/c1-5-2-6(11)9(7(12)3-5)10(16)14-4-8(13)15/h2-3H,4H2,1H3,(H2,13,15)(H,14,16). The third-order valence-electron chi connectivity index (χ3n) is 1.84. The van der Waals surface area contributed by atoms with Gasteiger partial charge < -0.3 is 11.1 Å². The van der Waals surface area contributed by atoms with Crippen molar-refractivity contribution in [3.05, 3.63) is 34.9 Å². The Kier molecular flexibility index (Phi) is 3.55. The Morgan fingerprint density at radius 2 is 1.81 bits per heavy atom. The lowest BCUT2D eigenvalue weighted by Crippen LogP contribution is -2.34. The second-order valence-corrected chi connectivity index (χ2v) is 3.25. The average molecular weight is 228 g/mol. The van der Waals surface area contributed by atoms with Crippen LogP contribution in [0.4, 0.5) is 8.78 Å². The Balaban J connectivity index is 2.95. The number of carbonyl (C=O) groups excluding carboxylic acids is 2. The fourth-order valence-electron chi connectivity index (χ4n) is 1.17. The van der Waals surface area contributed by atoms with Gasteiger partial charge in [-0.2, -0.15) is 0 Å². The van der Waals surface area contributed by atoms with Gasteiger partial charge in [0.2, 0.25) is 5.91 Å². The summed E-state index contributed by atoms with van der Waals surface area (Å²) in [5.74, 6) is -3.74. The smallest absolute Gasteiger partial charge is 0.257 e. The molecule has 0 atom stereocenters. The first-order valence-corrected chi connectivity index (χ1v) is 4.44. The molecule has 0 spiro atoms. The molecule has 0 bridgehead atoms. The number of nitrogens with two attached hydrogens (primary N) is 1. The van der Waals surface area contributed by atoms with E-state index in [1.165, 1.54) is 6.92 Å². The highest BCUT2D eigenvalue weighted by Gasteiger charge is 2.17. The van der Waals surface area contributed by atoms with Gasteiger partial charge in [-0.3, -0.25) is 9.59 Å². The molecule has 86 valence electrons. The van der Waals surface area contributed by atoms with Gasteiger partial charge in [0.05, 0.1) is 6.54 Å². The van der Waals surface area contributed by atoms with E-state index in [0.29, 0.717) is 5.56 Å². The van der Waals surface area contributed by atoms with E-state index in [2.05, 4.69) is 0 Å². The van der Waals surface area contributed by atoms with Gasteiger partial charge in [0.25, 0.3) is 5.91 Å². The van der Waals surface area contributed by atoms with Crippen molar-refractivity contribution in [2.45, 2.75) is 6.92 Å².